The minimum absolute atomic E-state index is 0.542. The highest BCUT2D eigenvalue weighted by molar-refractivity contribution is 4.93. The number of hydrogen-bond donors (Lipinski definition) is 0. The Hall–Kier alpha value is 0. The fraction of sp³-hybridized carbons (Fsp3) is 1.00. The van der Waals surface area contributed by atoms with E-state index in [4.69, 9.17) is 0 Å². The van der Waals surface area contributed by atoms with Crippen LogP contribution in [0, 0.1) is 110 Å². The maximum atomic E-state index is 2.40. The molecule has 0 heterocycles. The molecule has 0 aromatic heterocycles. The third-order valence-corrected chi connectivity index (χ3v) is 24.2. The van der Waals surface area contributed by atoms with Gasteiger partial charge in [0.1, 0.15) is 0 Å². The molecule has 0 aromatic carbocycles. The highest BCUT2D eigenvalue weighted by Gasteiger charge is 2.43. The van der Waals surface area contributed by atoms with E-state index in [1.165, 1.54) is 270 Å². The molecule has 0 nitrogen and oxygen atoms in total. The van der Waals surface area contributed by atoms with E-state index >= 15 is 0 Å². The smallest absolute Gasteiger partial charge is 0.0323 e. The molecule has 4 atom stereocenters. The molecule has 5 saturated carbocycles. The molecule has 5 rings (SSSR count). The summed E-state index contributed by atoms with van der Waals surface area (Å²) in [5.41, 5.74) is 2.92. The summed E-state index contributed by atoms with van der Waals surface area (Å²) in [6.45, 7) is 101. The fourth-order valence-electron chi connectivity index (χ4n) is 13.2. The highest BCUT2D eigenvalue weighted by Crippen LogP contribution is 2.53. The summed E-state index contributed by atoms with van der Waals surface area (Å²) < 4.78 is 0. The lowest BCUT2D eigenvalue weighted by Gasteiger charge is -2.31. The quantitative estimate of drug-likeness (QED) is 0.0799. The van der Waals surface area contributed by atoms with E-state index in [2.05, 4.69) is 305 Å². The normalized spacial score (nSPS) is 19.0. The van der Waals surface area contributed by atoms with Crippen LogP contribution in [0.15, 0.2) is 0 Å². The first-order valence-electron chi connectivity index (χ1n) is 48.6. The monoisotopic (exact) mass is 1490 g/mol. The Bertz CT molecular complexity index is 1440. The first kappa shape index (κ1) is 126. The van der Waals surface area contributed by atoms with Crippen LogP contribution in [0.2, 0.25) is 0 Å². The van der Waals surface area contributed by atoms with Gasteiger partial charge < -0.3 is 0 Å². The molecule has 650 valence electrons. The van der Waals surface area contributed by atoms with Gasteiger partial charge in [-0.25, -0.2) is 0 Å². The van der Waals surface area contributed by atoms with Crippen LogP contribution in [-0.2, 0) is 0 Å². The van der Waals surface area contributed by atoms with Crippen molar-refractivity contribution in [2.75, 3.05) is 0 Å². The molecule has 105 heavy (non-hydrogen) atoms. The van der Waals surface area contributed by atoms with Crippen LogP contribution in [-0.4, -0.2) is 0 Å². The van der Waals surface area contributed by atoms with Crippen LogP contribution >= 0.6 is 0 Å². The summed E-state index contributed by atoms with van der Waals surface area (Å²) in [5.74, 6) is 13.5. The Labute approximate surface area is 680 Å². The van der Waals surface area contributed by atoms with Crippen molar-refractivity contribution in [3.63, 3.8) is 0 Å². The van der Waals surface area contributed by atoms with Crippen molar-refractivity contribution in [1.29, 1.82) is 0 Å². The zero-order valence-electron chi connectivity index (χ0n) is 84.3. The third kappa shape index (κ3) is 113. The minimum Gasteiger partial charge on any atom is -0.0654 e. The van der Waals surface area contributed by atoms with E-state index in [-0.39, 0.29) is 0 Å². The molecule has 0 aromatic rings. The van der Waals surface area contributed by atoms with E-state index in [0.717, 1.165) is 82.9 Å². The van der Waals surface area contributed by atoms with Crippen molar-refractivity contribution >= 4 is 0 Å². The van der Waals surface area contributed by atoms with Gasteiger partial charge in [0.15, 0.2) is 0 Å². The van der Waals surface area contributed by atoms with E-state index in [0.29, 0.717) is 27.1 Å². The Balaban J connectivity index is -0.000000115. The van der Waals surface area contributed by atoms with Crippen LogP contribution < -0.4 is 0 Å². The van der Waals surface area contributed by atoms with Crippen molar-refractivity contribution in [1.82, 2.24) is 0 Å². The summed E-state index contributed by atoms with van der Waals surface area (Å²) in [6, 6.07) is 0. The summed E-state index contributed by atoms with van der Waals surface area (Å²) in [7, 11) is 0. The van der Waals surface area contributed by atoms with Gasteiger partial charge in [0, 0.05) is 0 Å². The van der Waals surface area contributed by atoms with Gasteiger partial charge in [-0.15, -0.1) is 0 Å². The average Bonchev–Trinajstić information content (AvgIpc) is 1.65. The van der Waals surface area contributed by atoms with Crippen molar-refractivity contribution in [3.05, 3.63) is 0 Å². The van der Waals surface area contributed by atoms with Gasteiger partial charge in [0.25, 0.3) is 0 Å². The molecule has 0 radical (unpaired) electrons. The molecule has 0 spiro atoms. The standard InChI is InChI=1S/C10H20.2C8H16.C7H14.6C7H16.C6H12.4C6H14/c1-8-9(2,3)6-7-10(8,4)5;1-6-4-7(2)8(3)5-6;1-7-5-4-6-8(7,2)3;1-7-5-3-2-4-6-7;1-5-6-7(2,3)4;2*1-4-5-6-7(2)3;1-4-6-7(3)5-2;1-4-7(5-2)6-3;1-3-5-7-6-4-2;1-2-3-6-4-5-6;1-5-6(2,3)4;2*1-4-5-6(2)3;1-4-6(3)5-2/h8H,6-7H2,1-5H3;6-8H,4-5H2,1-3H3;7H,4-6H2,1-3H3;7H,2-6H2,1H3;5-6H2,1-4H3;4*7H,4-6H2,1-3H3;3-7H2,1-2H3;6H,2-5H2,1H3;5H2,1-4H3;3*6H,4-5H2,1-3H3/t;;7-;;;;;7-;;;;;;;/m..1....1......./s1. The molecule has 0 aliphatic heterocycles. The Kier molecular flexibility index (Phi) is 102. The topological polar surface area (TPSA) is 0 Å². The lowest BCUT2D eigenvalue weighted by molar-refractivity contribution is 0.179. The van der Waals surface area contributed by atoms with Crippen LogP contribution in [0.1, 0.15) is 574 Å². The molecular formula is C105H230. The number of rotatable bonds is 25. The summed E-state index contributed by atoms with van der Waals surface area (Å²) in [4.78, 5) is 0. The predicted molar refractivity (Wildman–Crippen MR) is 505 cm³/mol. The molecule has 0 heteroatoms. The second-order valence-electron chi connectivity index (χ2n) is 41.5. The van der Waals surface area contributed by atoms with Crippen molar-refractivity contribution in [2.24, 2.45) is 110 Å². The number of unbranched alkanes of at least 4 members (excludes halogenated alkanes) is 6. The first-order valence-corrected chi connectivity index (χ1v) is 48.6. The van der Waals surface area contributed by atoms with Crippen LogP contribution in [0.5, 0.6) is 0 Å². The minimum atomic E-state index is 0.542. The lowest BCUT2D eigenvalue weighted by Crippen LogP contribution is -2.24. The third-order valence-electron chi connectivity index (χ3n) is 24.2. The molecule has 5 aliphatic carbocycles. The summed E-state index contributed by atoms with van der Waals surface area (Å²) >= 11 is 0. The SMILES string of the molecule is CC1C(C)(C)CCC1(C)C.CC1CC(C)C(C)C1.CC1CCCCC1.CCC(C)(C)C.CCC(C)CC.CCC(CC)CC.CCCC(C)(C)C.CCCC(C)C.CCCC(C)C.CCCC1CC1.CCCCC(C)C.CCCCC(C)C.CCCCCCC.CCC[C@H](C)CC.C[C@@H]1CCCC1(C)C. The van der Waals surface area contributed by atoms with Gasteiger partial charge in [-0.1, -0.05) is 536 Å². The Morgan fingerprint density at radius 3 is 0.762 bits per heavy atom. The van der Waals surface area contributed by atoms with Crippen molar-refractivity contribution in [3.8, 4) is 0 Å². The molecule has 5 fully saturated rings. The van der Waals surface area contributed by atoms with Crippen molar-refractivity contribution < 1.29 is 0 Å². The maximum Gasteiger partial charge on any atom is -0.0323 e. The zero-order valence-corrected chi connectivity index (χ0v) is 84.3. The highest BCUT2D eigenvalue weighted by atomic mass is 14.5. The predicted octanol–water partition coefficient (Wildman–Crippen LogP) is 40.7. The molecule has 5 aliphatic rings. The van der Waals surface area contributed by atoms with Crippen LogP contribution in [0.3, 0.4) is 0 Å². The summed E-state index contributed by atoms with van der Waals surface area (Å²) in [6.07, 6.45) is 58.9. The second kappa shape index (κ2) is 84.9. The van der Waals surface area contributed by atoms with Crippen molar-refractivity contribution in [2.45, 2.75) is 574 Å². The van der Waals surface area contributed by atoms with Gasteiger partial charge in [-0.05, 0) is 148 Å². The number of hydrogen-bond acceptors (Lipinski definition) is 0. The van der Waals surface area contributed by atoms with Gasteiger partial charge in [-0.2, -0.15) is 0 Å². The molecule has 0 N–H and O–H groups in total. The van der Waals surface area contributed by atoms with E-state index in [1.54, 1.807) is 0 Å². The maximum absolute atomic E-state index is 2.40. The van der Waals surface area contributed by atoms with Crippen LogP contribution in [0.25, 0.3) is 0 Å². The van der Waals surface area contributed by atoms with Gasteiger partial charge >= 0.3 is 0 Å². The molecule has 2 unspecified atom stereocenters. The lowest BCUT2D eigenvalue weighted by atomic mass is 9.74. The molecule has 0 amide bonds. The van der Waals surface area contributed by atoms with E-state index in [1.807, 2.05) is 0 Å². The van der Waals surface area contributed by atoms with Gasteiger partial charge in [-0.3, -0.25) is 0 Å². The second-order valence-corrected chi connectivity index (χ2v) is 41.5. The largest absolute Gasteiger partial charge is 0.0654 e. The zero-order chi connectivity index (χ0) is 84.3. The van der Waals surface area contributed by atoms with Gasteiger partial charge in [0.2, 0.25) is 0 Å². The Morgan fingerprint density at radius 1 is 0.314 bits per heavy atom. The molecular weight excluding hydrogens is 1260 g/mol. The van der Waals surface area contributed by atoms with E-state index < -0.39 is 0 Å². The summed E-state index contributed by atoms with van der Waals surface area (Å²) in [5, 5.41) is 0. The fourth-order valence-corrected chi connectivity index (χ4v) is 13.2. The molecule has 0 saturated heterocycles. The van der Waals surface area contributed by atoms with Crippen LogP contribution in [0.4, 0.5) is 0 Å². The van der Waals surface area contributed by atoms with Gasteiger partial charge in [0.05, 0.1) is 0 Å². The molecule has 0 bridgehead atoms. The Morgan fingerprint density at radius 2 is 0.667 bits per heavy atom. The first-order chi connectivity index (χ1) is 48.6. The average molecular weight is 1490 g/mol. The van der Waals surface area contributed by atoms with E-state index in [9.17, 15) is 0 Å².